The van der Waals surface area contributed by atoms with Crippen LogP contribution < -0.4 is 0 Å². The number of carbonyl (C=O) groups excluding carboxylic acids is 2. The maximum absolute atomic E-state index is 12.5. The molecule has 246 valence electrons. The first-order valence-electron chi connectivity index (χ1n) is 17.4. The summed E-state index contributed by atoms with van der Waals surface area (Å²) >= 11 is 0. The highest BCUT2D eigenvalue weighted by atomic mass is 16.5. The minimum atomic E-state index is -0.148. The predicted octanol–water partition coefficient (Wildman–Crippen LogP) is 8.80. The van der Waals surface area contributed by atoms with E-state index in [1.165, 1.54) is 38.5 Å². The summed E-state index contributed by atoms with van der Waals surface area (Å²) in [6.45, 7) is 15.1. The van der Waals surface area contributed by atoms with Gasteiger partial charge in [0.15, 0.2) is 0 Å². The van der Waals surface area contributed by atoms with Crippen LogP contribution in [0.15, 0.2) is 48.5 Å². The van der Waals surface area contributed by atoms with E-state index in [4.69, 9.17) is 9.47 Å². The zero-order valence-corrected chi connectivity index (χ0v) is 28.3. The lowest BCUT2D eigenvalue weighted by atomic mass is 10.0. The molecule has 2 aromatic rings. The van der Waals surface area contributed by atoms with Gasteiger partial charge >= 0.3 is 11.9 Å². The van der Waals surface area contributed by atoms with Crippen molar-refractivity contribution >= 4 is 11.9 Å². The number of nitrogens with zero attached hydrogens (tertiary/aromatic N) is 2. The molecule has 0 atom stereocenters. The lowest BCUT2D eigenvalue weighted by Crippen LogP contribution is -2.29. The number of esters is 2. The zero-order valence-electron chi connectivity index (χ0n) is 28.3. The van der Waals surface area contributed by atoms with E-state index in [-0.39, 0.29) is 25.2 Å². The van der Waals surface area contributed by atoms with Gasteiger partial charge in [-0.05, 0) is 86.2 Å². The second kappa shape index (κ2) is 23.7. The molecule has 44 heavy (non-hydrogen) atoms. The number of ether oxygens (including phenoxy) is 2. The molecule has 6 heteroatoms. The smallest absolute Gasteiger partial charge is 0.307 e. The van der Waals surface area contributed by atoms with Crippen molar-refractivity contribution in [2.24, 2.45) is 0 Å². The highest BCUT2D eigenvalue weighted by Crippen LogP contribution is 2.23. The molecule has 0 amide bonds. The van der Waals surface area contributed by atoms with E-state index in [2.05, 4.69) is 61.8 Å². The Kier molecular flexibility index (Phi) is 20.2. The van der Waals surface area contributed by atoms with Crippen LogP contribution in [-0.2, 0) is 32.3 Å². The zero-order chi connectivity index (χ0) is 31.8. The SMILES string of the molecule is CCCCCN(CCCC)CCC(=O)OCc1cccc(-c2cccc(COC(=O)CCN(CCCC)CCCCC)c2)c1. The number of unbranched alkanes of at least 4 members (excludes halogenated alkanes) is 6. The van der Waals surface area contributed by atoms with E-state index >= 15 is 0 Å². The average molecular weight is 609 g/mol. The molecule has 0 unspecified atom stereocenters. The average Bonchev–Trinajstić information content (AvgIpc) is 3.05. The Balaban J connectivity index is 1.84. The van der Waals surface area contributed by atoms with Gasteiger partial charge in [-0.1, -0.05) is 103 Å². The minimum Gasteiger partial charge on any atom is -0.461 e. The molecule has 0 aliphatic carbocycles. The van der Waals surface area contributed by atoms with Crippen molar-refractivity contribution < 1.29 is 19.1 Å². The van der Waals surface area contributed by atoms with Gasteiger partial charge in [-0.15, -0.1) is 0 Å². The molecule has 0 aromatic heterocycles. The molecule has 0 saturated carbocycles. The third kappa shape index (κ3) is 16.4. The van der Waals surface area contributed by atoms with E-state index < -0.39 is 0 Å². The summed E-state index contributed by atoms with van der Waals surface area (Å²) in [4.78, 5) is 29.9. The summed E-state index contributed by atoms with van der Waals surface area (Å²) in [7, 11) is 0. The van der Waals surface area contributed by atoms with Crippen LogP contribution in [0.3, 0.4) is 0 Å². The van der Waals surface area contributed by atoms with Crippen LogP contribution in [-0.4, -0.2) is 61.0 Å². The van der Waals surface area contributed by atoms with E-state index in [1.807, 2.05) is 24.3 Å². The maximum atomic E-state index is 12.5. The van der Waals surface area contributed by atoms with Gasteiger partial charge < -0.3 is 19.3 Å². The number of carbonyl (C=O) groups is 2. The minimum absolute atomic E-state index is 0.148. The molecule has 0 aliphatic rings. The fourth-order valence-electron chi connectivity index (χ4n) is 5.26. The lowest BCUT2D eigenvalue weighted by molar-refractivity contribution is -0.146. The fraction of sp³-hybridized carbons (Fsp3) is 0.632. The largest absolute Gasteiger partial charge is 0.461 e. The Labute approximate surface area is 268 Å². The van der Waals surface area contributed by atoms with E-state index in [9.17, 15) is 9.59 Å². The molecule has 0 spiro atoms. The topological polar surface area (TPSA) is 59.1 Å². The standard InChI is InChI=1S/C38H60N2O4/c1-5-9-13-25-39(23-11-7-3)27-21-37(41)43-31-33-17-15-19-35(29-33)36-20-16-18-34(30-36)32-44-38(42)22-28-40(24-12-8-4)26-14-10-6-2/h15-20,29-30H,5-14,21-28,31-32H2,1-4H3. The van der Waals surface area contributed by atoms with Crippen molar-refractivity contribution in [3.63, 3.8) is 0 Å². The molecule has 0 N–H and O–H groups in total. The first-order valence-corrected chi connectivity index (χ1v) is 17.4. The molecule has 0 fully saturated rings. The third-order valence-electron chi connectivity index (χ3n) is 8.06. The monoisotopic (exact) mass is 608 g/mol. The molecule has 0 heterocycles. The van der Waals surface area contributed by atoms with Crippen molar-refractivity contribution in [1.29, 1.82) is 0 Å². The van der Waals surface area contributed by atoms with Crippen molar-refractivity contribution in [3.8, 4) is 11.1 Å². The molecule has 0 aliphatic heterocycles. The van der Waals surface area contributed by atoms with Crippen LogP contribution in [0.2, 0.25) is 0 Å². The van der Waals surface area contributed by atoms with Gasteiger partial charge in [-0.2, -0.15) is 0 Å². The van der Waals surface area contributed by atoms with Gasteiger partial charge in [0.05, 0.1) is 12.8 Å². The van der Waals surface area contributed by atoms with Crippen LogP contribution in [0.25, 0.3) is 11.1 Å². The second-order valence-electron chi connectivity index (χ2n) is 12.0. The van der Waals surface area contributed by atoms with Gasteiger partial charge in [0.2, 0.25) is 0 Å². The molecule has 0 bridgehead atoms. The van der Waals surface area contributed by atoms with Crippen molar-refractivity contribution in [1.82, 2.24) is 9.80 Å². The number of rotatable bonds is 25. The highest BCUT2D eigenvalue weighted by Gasteiger charge is 2.12. The molecular formula is C38H60N2O4. The Morgan fingerprint density at radius 2 is 0.909 bits per heavy atom. The molecule has 6 nitrogen and oxygen atoms in total. The van der Waals surface area contributed by atoms with Gasteiger partial charge in [0, 0.05) is 13.1 Å². The van der Waals surface area contributed by atoms with Crippen LogP contribution in [0, 0.1) is 0 Å². The summed E-state index contributed by atoms with van der Waals surface area (Å²) in [6.07, 6.45) is 12.7. The van der Waals surface area contributed by atoms with E-state index in [0.717, 1.165) is 87.2 Å². The van der Waals surface area contributed by atoms with Crippen LogP contribution >= 0.6 is 0 Å². The van der Waals surface area contributed by atoms with Crippen molar-refractivity contribution in [3.05, 3.63) is 59.7 Å². The Morgan fingerprint density at radius 3 is 1.30 bits per heavy atom. The van der Waals surface area contributed by atoms with Crippen LogP contribution in [0.1, 0.15) is 116 Å². The fourth-order valence-corrected chi connectivity index (χ4v) is 5.26. The summed E-state index contributed by atoms with van der Waals surface area (Å²) in [5, 5.41) is 0. The molecule has 0 radical (unpaired) electrons. The van der Waals surface area contributed by atoms with Crippen LogP contribution in [0.4, 0.5) is 0 Å². The molecule has 0 saturated heterocycles. The highest BCUT2D eigenvalue weighted by molar-refractivity contribution is 5.70. The molecule has 2 aromatic carbocycles. The first kappa shape index (κ1) is 37.5. The normalized spacial score (nSPS) is 11.3. The second-order valence-corrected chi connectivity index (χ2v) is 12.0. The van der Waals surface area contributed by atoms with Gasteiger partial charge in [0.1, 0.15) is 13.2 Å². The van der Waals surface area contributed by atoms with Gasteiger partial charge in [-0.25, -0.2) is 0 Å². The molecule has 2 rings (SSSR count). The molecular weight excluding hydrogens is 548 g/mol. The van der Waals surface area contributed by atoms with E-state index in [1.54, 1.807) is 0 Å². The van der Waals surface area contributed by atoms with Crippen LogP contribution in [0.5, 0.6) is 0 Å². The summed E-state index contributed by atoms with van der Waals surface area (Å²) < 4.78 is 11.3. The summed E-state index contributed by atoms with van der Waals surface area (Å²) in [6, 6.07) is 16.2. The Morgan fingerprint density at radius 1 is 0.523 bits per heavy atom. The number of benzene rings is 2. The van der Waals surface area contributed by atoms with E-state index in [0.29, 0.717) is 12.8 Å². The lowest BCUT2D eigenvalue weighted by Gasteiger charge is -2.21. The first-order chi connectivity index (χ1) is 21.5. The number of hydrogen-bond acceptors (Lipinski definition) is 6. The number of hydrogen-bond donors (Lipinski definition) is 0. The summed E-state index contributed by atoms with van der Waals surface area (Å²) in [5.74, 6) is -0.295. The Hall–Kier alpha value is -2.70. The summed E-state index contributed by atoms with van der Waals surface area (Å²) in [5.41, 5.74) is 4.02. The van der Waals surface area contributed by atoms with Gasteiger partial charge in [0.25, 0.3) is 0 Å². The quantitative estimate of drug-likeness (QED) is 0.0829. The van der Waals surface area contributed by atoms with Gasteiger partial charge in [-0.3, -0.25) is 9.59 Å². The third-order valence-corrected chi connectivity index (χ3v) is 8.06. The maximum Gasteiger partial charge on any atom is 0.307 e. The van der Waals surface area contributed by atoms with Crippen molar-refractivity contribution in [2.45, 2.75) is 118 Å². The Bertz CT molecular complexity index is 973. The van der Waals surface area contributed by atoms with Crippen molar-refractivity contribution in [2.75, 3.05) is 39.3 Å². The predicted molar refractivity (Wildman–Crippen MR) is 182 cm³/mol.